The molecule has 0 bridgehead atoms. The summed E-state index contributed by atoms with van der Waals surface area (Å²) < 4.78 is 0. The lowest BCUT2D eigenvalue weighted by atomic mass is 10.1. The van der Waals surface area contributed by atoms with Gasteiger partial charge in [0.2, 0.25) is 0 Å². The maximum Gasteiger partial charge on any atom is 0.150 e. The number of hydrogen-bond acceptors (Lipinski definition) is 3. The van der Waals surface area contributed by atoms with E-state index in [-0.39, 0.29) is 11.2 Å². The highest BCUT2D eigenvalue weighted by Gasteiger charge is 2.15. The molecule has 0 saturated carbocycles. The van der Waals surface area contributed by atoms with Crippen LogP contribution in [0.1, 0.15) is 26.2 Å². The van der Waals surface area contributed by atoms with Gasteiger partial charge in [-0.15, -0.1) is 0 Å². The van der Waals surface area contributed by atoms with Crippen LogP contribution in [0.15, 0.2) is 6.07 Å². The molecule has 0 amide bonds. The standard InChI is InChI=1S/C13H18Cl3N3/c1-9(8-19-5-3-2-4-6-19)17-13-11(15)7-10(14)12(16)18-13/h7,9H,2-6,8H2,1H3,(H,17,18). The Morgan fingerprint density at radius 3 is 2.58 bits per heavy atom. The van der Waals surface area contributed by atoms with Gasteiger partial charge in [-0.3, -0.25) is 0 Å². The normalized spacial score (nSPS) is 18.3. The van der Waals surface area contributed by atoms with Crippen molar-refractivity contribution in [3.05, 3.63) is 21.3 Å². The monoisotopic (exact) mass is 321 g/mol. The lowest BCUT2D eigenvalue weighted by molar-refractivity contribution is 0.223. The zero-order chi connectivity index (χ0) is 13.8. The molecule has 0 aromatic carbocycles. The SMILES string of the molecule is CC(CN1CCCCC1)Nc1nc(Cl)c(Cl)cc1Cl. The zero-order valence-electron chi connectivity index (χ0n) is 10.9. The highest BCUT2D eigenvalue weighted by atomic mass is 35.5. The number of hydrogen-bond donors (Lipinski definition) is 1. The third-order valence-electron chi connectivity index (χ3n) is 3.25. The Balaban J connectivity index is 1.94. The number of nitrogens with zero attached hydrogens (tertiary/aromatic N) is 2. The molecular formula is C13H18Cl3N3. The minimum absolute atomic E-state index is 0.264. The number of halogens is 3. The van der Waals surface area contributed by atoms with Crippen LogP contribution in [0.2, 0.25) is 15.2 Å². The number of likely N-dealkylation sites (tertiary alicyclic amines) is 1. The summed E-state index contributed by atoms with van der Waals surface area (Å²) in [5, 5.41) is 4.45. The topological polar surface area (TPSA) is 28.2 Å². The smallest absolute Gasteiger partial charge is 0.150 e. The molecule has 6 heteroatoms. The van der Waals surface area contributed by atoms with Gasteiger partial charge < -0.3 is 10.2 Å². The van der Waals surface area contributed by atoms with Crippen LogP contribution in [0.4, 0.5) is 5.82 Å². The molecule has 2 rings (SSSR count). The van der Waals surface area contributed by atoms with Crippen molar-refractivity contribution in [3.8, 4) is 0 Å². The van der Waals surface area contributed by atoms with Gasteiger partial charge in [0.25, 0.3) is 0 Å². The van der Waals surface area contributed by atoms with Crippen LogP contribution in [0, 0.1) is 0 Å². The van der Waals surface area contributed by atoms with Gasteiger partial charge in [0.05, 0.1) is 10.0 Å². The first kappa shape index (κ1) is 15.2. The molecule has 0 radical (unpaired) electrons. The maximum absolute atomic E-state index is 6.11. The Labute approximate surface area is 129 Å². The van der Waals surface area contributed by atoms with Gasteiger partial charge in [0.15, 0.2) is 0 Å². The maximum atomic E-state index is 6.11. The van der Waals surface area contributed by atoms with E-state index in [4.69, 9.17) is 34.8 Å². The van der Waals surface area contributed by atoms with Crippen LogP contribution < -0.4 is 5.32 Å². The lowest BCUT2D eigenvalue weighted by Crippen LogP contribution is -2.38. The summed E-state index contributed by atoms with van der Waals surface area (Å²) >= 11 is 17.9. The summed E-state index contributed by atoms with van der Waals surface area (Å²) in [7, 11) is 0. The summed E-state index contributed by atoms with van der Waals surface area (Å²) in [4.78, 5) is 6.64. The van der Waals surface area contributed by atoms with Gasteiger partial charge in [-0.05, 0) is 38.9 Å². The largest absolute Gasteiger partial charge is 0.365 e. The Kier molecular flexibility index (Phi) is 5.58. The molecule has 1 aromatic heterocycles. The van der Waals surface area contributed by atoms with Crippen LogP contribution in [-0.2, 0) is 0 Å². The Morgan fingerprint density at radius 2 is 1.89 bits per heavy atom. The summed E-state index contributed by atoms with van der Waals surface area (Å²) in [6, 6.07) is 1.88. The first-order valence-electron chi connectivity index (χ1n) is 6.56. The number of piperidine rings is 1. The molecule has 19 heavy (non-hydrogen) atoms. The van der Waals surface area contributed by atoms with Gasteiger partial charge in [0.1, 0.15) is 11.0 Å². The number of anilines is 1. The molecule has 0 aliphatic carbocycles. The second kappa shape index (κ2) is 6.98. The molecule has 106 valence electrons. The van der Waals surface area contributed by atoms with E-state index in [2.05, 4.69) is 22.1 Å². The van der Waals surface area contributed by atoms with Crippen LogP contribution in [0.3, 0.4) is 0 Å². The van der Waals surface area contributed by atoms with E-state index in [9.17, 15) is 0 Å². The minimum atomic E-state index is 0.264. The van der Waals surface area contributed by atoms with E-state index in [1.165, 1.54) is 32.4 Å². The van der Waals surface area contributed by atoms with Crippen LogP contribution in [0.5, 0.6) is 0 Å². The first-order chi connectivity index (χ1) is 9.06. The van der Waals surface area contributed by atoms with Gasteiger partial charge in [-0.2, -0.15) is 0 Å². The summed E-state index contributed by atoms with van der Waals surface area (Å²) in [6.07, 6.45) is 3.93. The molecule has 1 fully saturated rings. The van der Waals surface area contributed by atoms with Crippen molar-refractivity contribution in [2.45, 2.75) is 32.2 Å². The van der Waals surface area contributed by atoms with E-state index >= 15 is 0 Å². The number of nitrogens with one attached hydrogen (secondary N) is 1. The van der Waals surface area contributed by atoms with Crippen molar-refractivity contribution in [2.75, 3.05) is 25.0 Å². The second-order valence-corrected chi connectivity index (χ2v) is 6.17. The van der Waals surface area contributed by atoms with Crippen molar-refractivity contribution >= 4 is 40.6 Å². The van der Waals surface area contributed by atoms with E-state index < -0.39 is 0 Å². The third-order valence-corrected chi connectivity index (χ3v) is 4.21. The molecule has 1 aromatic rings. The number of rotatable bonds is 4. The van der Waals surface area contributed by atoms with Crippen LogP contribution in [0.25, 0.3) is 0 Å². The zero-order valence-corrected chi connectivity index (χ0v) is 13.2. The van der Waals surface area contributed by atoms with Crippen molar-refractivity contribution in [3.63, 3.8) is 0 Å². The molecule has 1 saturated heterocycles. The summed E-state index contributed by atoms with van der Waals surface area (Å²) in [5.41, 5.74) is 0. The first-order valence-corrected chi connectivity index (χ1v) is 7.70. The van der Waals surface area contributed by atoms with E-state index in [1.54, 1.807) is 6.07 Å². The Bertz CT molecular complexity index is 433. The molecule has 1 unspecified atom stereocenters. The van der Waals surface area contributed by atoms with Gasteiger partial charge in [-0.1, -0.05) is 41.2 Å². The predicted octanol–water partition coefficient (Wildman–Crippen LogP) is 4.33. The van der Waals surface area contributed by atoms with E-state index in [0.29, 0.717) is 15.9 Å². The van der Waals surface area contributed by atoms with Gasteiger partial charge in [0, 0.05) is 12.6 Å². The molecule has 0 spiro atoms. The van der Waals surface area contributed by atoms with E-state index in [1.807, 2.05) is 0 Å². The molecule has 3 nitrogen and oxygen atoms in total. The van der Waals surface area contributed by atoms with Gasteiger partial charge in [-0.25, -0.2) is 4.98 Å². The van der Waals surface area contributed by atoms with Crippen LogP contribution >= 0.6 is 34.8 Å². The average Bonchev–Trinajstić information content (AvgIpc) is 2.37. The molecule has 1 atom stereocenters. The van der Waals surface area contributed by atoms with Crippen molar-refractivity contribution in [2.24, 2.45) is 0 Å². The summed E-state index contributed by atoms with van der Waals surface area (Å²) in [5.74, 6) is 0.598. The fourth-order valence-corrected chi connectivity index (χ4v) is 2.91. The van der Waals surface area contributed by atoms with Crippen molar-refractivity contribution < 1.29 is 0 Å². The lowest BCUT2D eigenvalue weighted by Gasteiger charge is -2.29. The third kappa shape index (κ3) is 4.38. The molecule has 1 aliphatic heterocycles. The predicted molar refractivity (Wildman–Crippen MR) is 82.6 cm³/mol. The highest BCUT2D eigenvalue weighted by molar-refractivity contribution is 6.42. The summed E-state index contributed by atoms with van der Waals surface area (Å²) in [6.45, 7) is 5.45. The fourth-order valence-electron chi connectivity index (χ4n) is 2.35. The fraction of sp³-hybridized carbons (Fsp3) is 0.615. The Morgan fingerprint density at radius 1 is 1.21 bits per heavy atom. The number of aromatic nitrogens is 1. The quantitative estimate of drug-likeness (QED) is 0.836. The van der Waals surface area contributed by atoms with Crippen molar-refractivity contribution in [1.82, 2.24) is 9.88 Å². The molecule has 1 N–H and O–H groups in total. The van der Waals surface area contributed by atoms with E-state index in [0.717, 1.165) is 6.54 Å². The second-order valence-electron chi connectivity index (χ2n) is 5.00. The number of pyridine rings is 1. The minimum Gasteiger partial charge on any atom is -0.365 e. The highest BCUT2D eigenvalue weighted by Crippen LogP contribution is 2.29. The van der Waals surface area contributed by atoms with Gasteiger partial charge >= 0.3 is 0 Å². The Hall–Kier alpha value is -0.220. The molecule has 1 aliphatic rings. The average molecular weight is 323 g/mol. The van der Waals surface area contributed by atoms with Crippen molar-refractivity contribution in [1.29, 1.82) is 0 Å². The molecule has 2 heterocycles. The van der Waals surface area contributed by atoms with Crippen LogP contribution in [-0.4, -0.2) is 35.6 Å². The molecular weight excluding hydrogens is 305 g/mol.